The highest BCUT2D eigenvalue weighted by molar-refractivity contribution is 7.93. The summed E-state index contributed by atoms with van der Waals surface area (Å²) in [5.74, 6) is -1.02. The lowest BCUT2D eigenvalue weighted by Crippen LogP contribution is -2.13. The molecule has 0 aliphatic carbocycles. The predicted octanol–water partition coefficient (Wildman–Crippen LogP) is 1.03. The summed E-state index contributed by atoms with van der Waals surface area (Å²) in [5.41, 5.74) is 6.59. The van der Waals surface area contributed by atoms with Gasteiger partial charge in [-0.15, -0.1) is 11.3 Å². The number of carboxylic acids is 1. The highest BCUT2D eigenvalue weighted by atomic mass is 32.2. The molecule has 0 atom stereocenters. The summed E-state index contributed by atoms with van der Waals surface area (Å²) in [6.45, 7) is 0.332. The monoisotopic (exact) mass is 327 g/mol. The van der Waals surface area contributed by atoms with Crippen molar-refractivity contribution in [1.29, 1.82) is 0 Å². The van der Waals surface area contributed by atoms with E-state index in [0.29, 0.717) is 12.2 Å². The Kier molecular flexibility index (Phi) is 4.56. The topological polar surface area (TPSA) is 122 Å². The van der Waals surface area contributed by atoms with Gasteiger partial charge in [0.2, 0.25) is 0 Å². The zero-order valence-electron chi connectivity index (χ0n) is 10.8. The minimum absolute atomic E-state index is 0.0923. The molecule has 0 amide bonds. The molecule has 0 saturated heterocycles. The summed E-state index contributed by atoms with van der Waals surface area (Å²) in [6.07, 6.45) is -0.247. The molecule has 4 N–H and O–H groups in total. The van der Waals surface area contributed by atoms with Crippen molar-refractivity contribution in [3.8, 4) is 0 Å². The SMILES string of the molecule is NCc1ccc(S(=O)(=O)Nc2nc(CC(=O)O)cs2)cc1. The van der Waals surface area contributed by atoms with Crippen molar-refractivity contribution < 1.29 is 18.3 Å². The summed E-state index contributed by atoms with van der Waals surface area (Å²) in [6, 6.07) is 6.17. The average molecular weight is 327 g/mol. The largest absolute Gasteiger partial charge is 0.481 e. The number of nitrogens with one attached hydrogen (secondary N) is 1. The van der Waals surface area contributed by atoms with Crippen LogP contribution < -0.4 is 10.5 Å². The van der Waals surface area contributed by atoms with Crippen molar-refractivity contribution in [2.75, 3.05) is 4.72 Å². The van der Waals surface area contributed by atoms with E-state index < -0.39 is 16.0 Å². The number of carboxylic acid groups (broad SMARTS) is 1. The Hall–Kier alpha value is -1.97. The number of benzene rings is 1. The lowest BCUT2D eigenvalue weighted by atomic mass is 10.2. The fourth-order valence-corrected chi connectivity index (χ4v) is 3.53. The van der Waals surface area contributed by atoms with Crippen LogP contribution in [0, 0.1) is 0 Å². The van der Waals surface area contributed by atoms with E-state index in [1.165, 1.54) is 17.5 Å². The molecule has 0 aliphatic rings. The lowest BCUT2D eigenvalue weighted by molar-refractivity contribution is -0.136. The summed E-state index contributed by atoms with van der Waals surface area (Å²) >= 11 is 1.04. The Morgan fingerprint density at radius 2 is 2.00 bits per heavy atom. The quantitative estimate of drug-likeness (QED) is 0.728. The van der Waals surface area contributed by atoms with Crippen LogP contribution in [0.1, 0.15) is 11.3 Å². The van der Waals surface area contributed by atoms with Gasteiger partial charge in [-0.05, 0) is 17.7 Å². The first-order valence-electron chi connectivity index (χ1n) is 5.89. The Balaban J connectivity index is 2.16. The van der Waals surface area contributed by atoms with Gasteiger partial charge in [0.05, 0.1) is 17.0 Å². The van der Waals surface area contributed by atoms with Gasteiger partial charge in [0.1, 0.15) is 0 Å². The second kappa shape index (κ2) is 6.20. The first-order valence-corrected chi connectivity index (χ1v) is 8.25. The minimum atomic E-state index is -3.74. The zero-order valence-corrected chi connectivity index (χ0v) is 12.4. The van der Waals surface area contributed by atoms with Crippen LogP contribution in [-0.2, 0) is 27.8 Å². The van der Waals surface area contributed by atoms with Crippen molar-refractivity contribution in [2.45, 2.75) is 17.9 Å². The number of rotatable bonds is 6. The van der Waals surface area contributed by atoms with Gasteiger partial charge in [-0.1, -0.05) is 12.1 Å². The van der Waals surface area contributed by atoms with Crippen molar-refractivity contribution in [1.82, 2.24) is 4.98 Å². The van der Waals surface area contributed by atoms with E-state index in [1.807, 2.05) is 0 Å². The highest BCUT2D eigenvalue weighted by Crippen LogP contribution is 2.20. The third-order valence-electron chi connectivity index (χ3n) is 2.58. The third-order valence-corrected chi connectivity index (χ3v) is 4.87. The lowest BCUT2D eigenvalue weighted by Gasteiger charge is -2.05. The van der Waals surface area contributed by atoms with Crippen LogP contribution >= 0.6 is 11.3 Å². The van der Waals surface area contributed by atoms with Gasteiger partial charge in [-0.3, -0.25) is 9.52 Å². The number of hydrogen-bond donors (Lipinski definition) is 3. The number of anilines is 1. The van der Waals surface area contributed by atoms with Crippen molar-refractivity contribution in [3.63, 3.8) is 0 Å². The van der Waals surface area contributed by atoms with Crippen LogP contribution in [0.25, 0.3) is 0 Å². The number of aliphatic carboxylic acids is 1. The van der Waals surface area contributed by atoms with Gasteiger partial charge in [-0.2, -0.15) is 0 Å². The molecule has 0 spiro atoms. The molecule has 0 aliphatic heterocycles. The molecule has 7 nitrogen and oxygen atoms in total. The zero-order chi connectivity index (χ0) is 15.5. The molecule has 2 rings (SSSR count). The number of nitrogens with zero attached hydrogens (tertiary/aromatic N) is 1. The Morgan fingerprint density at radius 1 is 1.33 bits per heavy atom. The van der Waals surface area contributed by atoms with Crippen molar-refractivity contribution in [2.24, 2.45) is 5.73 Å². The van der Waals surface area contributed by atoms with E-state index >= 15 is 0 Å². The number of carbonyl (C=O) groups is 1. The third kappa shape index (κ3) is 4.00. The minimum Gasteiger partial charge on any atom is -0.481 e. The molecule has 1 aromatic heterocycles. The van der Waals surface area contributed by atoms with E-state index in [1.54, 1.807) is 12.1 Å². The van der Waals surface area contributed by atoms with E-state index in [-0.39, 0.29) is 16.4 Å². The summed E-state index contributed by atoms with van der Waals surface area (Å²) < 4.78 is 26.6. The van der Waals surface area contributed by atoms with Gasteiger partial charge < -0.3 is 10.8 Å². The highest BCUT2D eigenvalue weighted by Gasteiger charge is 2.16. The van der Waals surface area contributed by atoms with Crippen LogP contribution in [0.15, 0.2) is 34.5 Å². The summed E-state index contributed by atoms with van der Waals surface area (Å²) in [5, 5.41) is 10.3. The second-order valence-electron chi connectivity index (χ2n) is 4.17. The van der Waals surface area contributed by atoms with Crippen molar-refractivity contribution >= 4 is 32.5 Å². The van der Waals surface area contributed by atoms with Gasteiger partial charge in [0, 0.05) is 11.9 Å². The molecular formula is C12H13N3O4S2. The molecule has 112 valence electrons. The van der Waals surface area contributed by atoms with Crippen LogP contribution in [0.5, 0.6) is 0 Å². The second-order valence-corrected chi connectivity index (χ2v) is 6.71. The van der Waals surface area contributed by atoms with Gasteiger partial charge in [0.25, 0.3) is 10.0 Å². The standard InChI is InChI=1S/C12H13N3O4S2/c13-6-8-1-3-10(4-2-8)21(18,19)15-12-14-9(7-20-12)5-11(16)17/h1-4,7H,5-6,13H2,(H,14,15)(H,16,17). The Bertz CT molecular complexity index is 738. The molecule has 0 saturated carbocycles. The van der Waals surface area contributed by atoms with E-state index in [2.05, 4.69) is 9.71 Å². The fourth-order valence-electron chi connectivity index (χ4n) is 1.57. The van der Waals surface area contributed by atoms with Crippen LogP contribution in [0.3, 0.4) is 0 Å². The van der Waals surface area contributed by atoms with E-state index in [4.69, 9.17) is 10.8 Å². The van der Waals surface area contributed by atoms with Crippen molar-refractivity contribution in [3.05, 3.63) is 40.9 Å². The maximum atomic E-state index is 12.1. The number of thiazole rings is 1. The van der Waals surface area contributed by atoms with E-state index in [0.717, 1.165) is 16.9 Å². The van der Waals surface area contributed by atoms with Gasteiger partial charge in [0.15, 0.2) is 5.13 Å². The number of sulfonamides is 1. The number of hydrogen-bond acceptors (Lipinski definition) is 6. The molecule has 2 aromatic rings. The van der Waals surface area contributed by atoms with Crippen LogP contribution in [0.2, 0.25) is 0 Å². The molecule has 1 aromatic carbocycles. The Morgan fingerprint density at radius 3 is 2.57 bits per heavy atom. The molecule has 0 radical (unpaired) electrons. The average Bonchev–Trinajstić information content (AvgIpc) is 2.84. The Labute approximate surface area is 125 Å². The molecule has 9 heteroatoms. The van der Waals surface area contributed by atoms with Crippen LogP contribution in [0.4, 0.5) is 5.13 Å². The van der Waals surface area contributed by atoms with Crippen LogP contribution in [-0.4, -0.2) is 24.5 Å². The van der Waals surface area contributed by atoms with E-state index in [9.17, 15) is 13.2 Å². The first-order chi connectivity index (χ1) is 9.90. The number of aromatic nitrogens is 1. The maximum Gasteiger partial charge on any atom is 0.309 e. The smallest absolute Gasteiger partial charge is 0.309 e. The van der Waals surface area contributed by atoms with Gasteiger partial charge >= 0.3 is 5.97 Å². The first kappa shape index (κ1) is 15.4. The molecular weight excluding hydrogens is 314 g/mol. The molecule has 0 unspecified atom stereocenters. The molecule has 21 heavy (non-hydrogen) atoms. The summed E-state index contributed by atoms with van der Waals surface area (Å²) in [4.78, 5) is 14.6. The number of nitrogens with two attached hydrogens (primary N) is 1. The molecule has 1 heterocycles. The molecule has 0 fully saturated rings. The maximum absolute atomic E-state index is 12.1. The molecule has 0 bridgehead atoms. The normalized spacial score (nSPS) is 11.3. The van der Waals surface area contributed by atoms with Gasteiger partial charge in [-0.25, -0.2) is 13.4 Å². The predicted molar refractivity (Wildman–Crippen MR) is 78.6 cm³/mol. The summed E-state index contributed by atoms with van der Waals surface area (Å²) in [7, 11) is -3.74. The fraction of sp³-hybridized carbons (Fsp3) is 0.167.